The van der Waals surface area contributed by atoms with Crippen LogP contribution in [0.1, 0.15) is 11.1 Å². The summed E-state index contributed by atoms with van der Waals surface area (Å²) in [7, 11) is 0. The Morgan fingerprint density at radius 2 is 0.810 bits per heavy atom. The standard InChI is InChI=1S/C12H10O.C8H10/c1-3-7-11(8-4-1)13-12-9-5-2-6-10-12;1-7-5-3-4-6-8(7)2/h1-10H;3-6H,1-2H3. The van der Waals surface area contributed by atoms with E-state index in [4.69, 9.17) is 4.74 Å². The molecule has 1 heteroatoms. The third-order valence-electron chi connectivity index (χ3n) is 3.15. The number of hydrogen-bond donors (Lipinski definition) is 0. The van der Waals surface area contributed by atoms with Crippen molar-refractivity contribution in [3.63, 3.8) is 0 Å². The van der Waals surface area contributed by atoms with Crippen LogP contribution < -0.4 is 4.74 Å². The third kappa shape index (κ3) is 5.15. The van der Waals surface area contributed by atoms with Gasteiger partial charge in [-0.25, -0.2) is 0 Å². The first kappa shape index (κ1) is 14.9. The van der Waals surface area contributed by atoms with Gasteiger partial charge in [-0.15, -0.1) is 0 Å². The van der Waals surface area contributed by atoms with Gasteiger partial charge in [-0.05, 0) is 49.2 Å². The molecule has 21 heavy (non-hydrogen) atoms. The molecular weight excluding hydrogens is 256 g/mol. The van der Waals surface area contributed by atoms with Gasteiger partial charge in [0.2, 0.25) is 0 Å². The molecule has 0 radical (unpaired) electrons. The van der Waals surface area contributed by atoms with E-state index in [1.807, 2.05) is 60.7 Å². The molecular formula is C20H20O. The first-order valence-corrected chi connectivity index (χ1v) is 7.06. The summed E-state index contributed by atoms with van der Waals surface area (Å²) in [4.78, 5) is 0. The van der Waals surface area contributed by atoms with Crippen LogP contribution >= 0.6 is 0 Å². The minimum atomic E-state index is 0.869. The number of ether oxygens (including phenoxy) is 1. The highest BCUT2D eigenvalue weighted by molar-refractivity contribution is 5.30. The van der Waals surface area contributed by atoms with E-state index in [0.717, 1.165) is 11.5 Å². The van der Waals surface area contributed by atoms with E-state index in [1.54, 1.807) is 0 Å². The maximum Gasteiger partial charge on any atom is 0.127 e. The van der Waals surface area contributed by atoms with Crippen molar-refractivity contribution in [2.75, 3.05) is 0 Å². The summed E-state index contributed by atoms with van der Waals surface area (Å²) in [6.07, 6.45) is 0. The Labute approximate surface area is 126 Å². The average Bonchev–Trinajstić information content (AvgIpc) is 2.53. The lowest BCUT2D eigenvalue weighted by Crippen LogP contribution is -1.81. The van der Waals surface area contributed by atoms with Gasteiger partial charge in [-0.3, -0.25) is 0 Å². The van der Waals surface area contributed by atoms with Crippen molar-refractivity contribution in [2.45, 2.75) is 13.8 Å². The molecule has 0 N–H and O–H groups in total. The molecule has 0 fully saturated rings. The van der Waals surface area contributed by atoms with Crippen molar-refractivity contribution in [1.29, 1.82) is 0 Å². The largest absolute Gasteiger partial charge is 0.457 e. The third-order valence-corrected chi connectivity index (χ3v) is 3.15. The lowest BCUT2D eigenvalue weighted by Gasteiger charge is -2.03. The lowest BCUT2D eigenvalue weighted by molar-refractivity contribution is 0.482. The fourth-order valence-corrected chi connectivity index (χ4v) is 1.78. The van der Waals surface area contributed by atoms with Gasteiger partial charge in [0.25, 0.3) is 0 Å². The van der Waals surface area contributed by atoms with Crippen LogP contribution in [0.25, 0.3) is 0 Å². The summed E-state index contributed by atoms with van der Waals surface area (Å²) in [6, 6.07) is 27.9. The normalized spacial score (nSPS) is 9.43. The van der Waals surface area contributed by atoms with Crippen LogP contribution in [0.5, 0.6) is 11.5 Å². The predicted octanol–water partition coefficient (Wildman–Crippen LogP) is 5.78. The van der Waals surface area contributed by atoms with Gasteiger partial charge < -0.3 is 4.74 Å². The van der Waals surface area contributed by atoms with Crippen LogP contribution in [0.4, 0.5) is 0 Å². The molecule has 3 aromatic rings. The Bertz CT molecular complexity index is 586. The molecule has 0 amide bonds. The highest BCUT2D eigenvalue weighted by Gasteiger charge is 1.92. The Hall–Kier alpha value is -2.54. The minimum Gasteiger partial charge on any atom is -0.457 e. The molecule has 0 heterocycles. The quantitative estimate of drug-likeness (QED) is 0.576. The monoisotopic (exact) mass is 276 g/mol. The smallest absolute Gasteiger partial charge is 0.127 e. The maximum atomic E-state index is 5.58. The van der Waals surface area contributed by atoms with E-state index in [9.17, 15) is 0 Å². The molecule has 1 nitrogen and oxygen atoms in total. The summed E-state index contributed by atoms with van der Waals surface area (Å²) in [5.41, 5.74) is 2.74. The molecule has 0 aliphatic heterocycles. The van der Waals surface area contributed by atoms with Crippen LogP contribution in [0, 0.1) is 13.8 Å². The second kappa shape index (κ2) is 7.91. The van der Waals surface area contributed by atoms with Gasteiger partial charge >= 0.3 is 0 Å². The molecule has 0 saturated carbocycles. The number of rotatable bonds is 2. The Balaban J connectivity index is 0.000000173. The second-order valence-corrected chi connectivity index (χ2v) is 4.81. The zero-order chi connectivity index (χ0) is 14.9. The topological polar surface area (TPSA) is 9.23 Å². The van der Waals surface area contributed by atoms with Crippen LogP contribution in [-0.4, -0.2) is 0 Å². The lowest BCUT2D eigenvalue weighted by atomic mass is 10.1. The average molecular weight is 276 g/mol. The van der Waals surface area contributed by atoms with Crippen molar-refractivity contribution in [2.24, 2.45) is 0 Å². The number of benzene rings is 3. The summed E-state index contributed by atoms with van der Waals surface area (Å²) in [5.74, 6) is 1.74. The van der Waals surface area contributed by atoms with E-state index in [2.05, 4.69) is 38.1 Å². The van der Waals surface area contributed by atoms with E-state index in [1.165, 1.54) is 11.1 Å². The first-order chi connectivity index (χ1) is 10.3. The van der Waals surface area contributed by atoms with Gasteiger partial charge in [0.05, 0.1) is 0 Å². The predicted molar refractivity (Wildman–Crippen MR) is 88.9 cm³/mol. The molecule has 3 rings (SSSR count). The fraction of sp³-hybridized carbons (Fsp3) is 0.100. The van der Waals surface area contributed by atoms with Gasteiger partial charge in [0.1, 0.15) is 11.5 Å². The summed E-state index contributed by atoms with van der Waals surface area (Å²) >= 11 is 0. The van der Waals surface area contributed by atoms with E-state index in [0.29, 0.717) is 0 Å². The molecule has 0 aliphatic carbocycles. The number of aryl methyl sites for hydroxylation is 2. The Morgan fingerprint density at radius 3 is 1.14 bits per heavy atom. The van der Waals surface area contributed by atoms with Crippen molar-refractivity contribution >= 4 is 0 Å². The second-order valence-electron chi connectivity index (χ2n) is 4.81. The molecule has 0 aliphatic rings. The SMILES string of the molecule is Cc1ccccc1C.c1ccc(Oc2ccccc2)cc1. The first-order valence-electron chi connectivity index (χ1n) is 7.06. The molecule has 0 aromatic heterocycles. The van der Waals surface area contributed by atoms with E-state index in [-0.39, 0.29) is 0 Å². The number of hydrogen-bond acceptors (Lipinski definition) is 1. The van der Waals surface area contributed by atoms with Crippen LogP contribution in [0.15, 0.2) is 84.9 Å². The van der Waals surface area contributed by atoms with Gasteiger partial charge in [0.15, 0.2) is 0 Å². The molecule has 0 atom stereocenters. The molecule has 0 saturated heterocycles. The number of para-hydroxylation sites is 2. The molecule has 0 bridgehead atoms. The highest BCUT2D eigenvalue weighted by atomic mass is 16.5. The van der Waals surface area contributed by atoms with Crippen LogP contribution in [-0.2, 0) is 0 Å². The van der Waals surface area contributed by atoms with Crippen molar-refractivity contribution < 1.29 is 4.74 Å². The van der Waals surface area contributed by atoms with Gasteiger partial charge in [-0.2, -0.15) is 0 Å². The molecule has 0 unspecified atom stereocenters. The van der Waals surface area contributed by atoms with Crippen LogP contribution in [0.3, 0.4) is 0 Å². The summed E-state index contributed by atoms with van der Waals surface area (Å²) < 4.78 is 5.58. The molecule has 3 aromatic carbocycles. The van der Waals surface area contributed by atoms with E-state index >= 15 is 0 Å². The van der Waals surface area contributed by atoms with Gasteiger partial charge in [-0.1, -0.05) is 60.7 Å². The zero-order valence-corrected chi connectivity index (χ0v) is 12.5. The Morgan fingerprint density at radius 1 is 0.476 bits per heavy atom. The molecule has 106 valence electrons. The zero-order valence-electron chi connectivity index (χ0n) is 12.5. The van der Waals surface area contributed by atoms with Crippen molar-refractivity contribution in [3.05, 3.63) is 96.1 Å². The van der Waals surface area contributed by atoms with E-state index < -0.39 is 0 Å². The van der Waals surface area contributed by atoms with Crippen LogP contribution in [0.2, 0.25) is 0 Å². The summed E-state index contributed by atoms with van der Waals surface area (Å²) in [5, 5.41) is 0. The Kier molecular flexibility index (Phi) is 5.60. The molecule has 0 spiro atoms. The maximum absolute atomic E-state index is 5.58. The van der Waals surface area contributed by atoms with Crippen molar-refractivity contribution in [3.8, 4) is 11.5 Å². The van der Waals surface area contributed by atoms with Crippen molar-refractivity contribution in [1.82, 2.24) is 0 Å². The highest BCUT2D eigenvalue weighted by Crippen LogP contribution is 2.19. The minimum absolute atomic E-state index is 0.869. The summed E-state index contributed by atoms with van der Waals surface area (Å²) in [6.45, 7) is 4.24. The fourth-order valence-electron chi connectivity index (χ4n) is 1.78. The van der Waals surface area contributed by atoms with Gasteiger partial charge in [0, 0.05) is 0 Å².